The van der Waals surface area contributed by atoms with Crippen LogP contribution in [0.3, 0.4) is 0 Å². The van der Waals surface area contributed by atoms with Crippen molar-refractivity contribution in [2.45, 2.75) is 32.5 Å². The van der Waals surface area contributed by atoms with E-state index in [1.165, 1.54) is 0 Å². The molecule has 1 N–H and O–H groups in total. The predicted octanol–water partition coefficient (Wildman–Crippen LogP) is 1.28. The van der Waals surface area contributed by atoms with E-state index in [1.54, 1.807) is 6.20 Å². The Kier molecular flexibility index (Phi) is 4.21. The first-order chi connectivity index (χ1) is 10.2. The summed E-state index contributed by atoms with van der Waals surface area (Å²) in [6.07, 6.45) is 3.45. The number of ether oxygens (including phenoxy) is 2. The Morgan fingerprint density at radius 3 is 2.67 bits per heavy atom. The first kappa shape index (κ1) is 14.5. The van der Waals surface area contributed by atoms with Gasteiger partial charge in [0.05, 0.1) is 19.4 Å². The number of rotatable bonds is 4. The maximum Gasteiger partial charge on any atom is 0.244 e. The van der Waals surface area contributed by atoms with E-state index in [4.69, 9.17) is 9.47 Å². The molecule has 0 radical (unpaired) electrons. The fraction of sp³-hybridized carbons (Fsp3) is 0.786. The van der Waals surface area contributed by atoms with Gasteiger partial charge in [-0.3, -0.25) is 0 Å². The number of piperidine rings is 1. The van der Waals surface area contributed by atoms with Crippen LogP contribution in [-0.4, -0.2) is 53.8 Å². The number of nitrogens with one attached hydrogen (secondary N) is 1. The Bertz CT molecular complexity index is 466. The standard InChI is InChI=1S/C14H23N5O2/c1-11(2)9-15-13-17-12(10-16-18-13)19-5-3-14(4-6-19)20-7-8-21-14/h10-11H,3-9H2,1-2H3,(H,15,17,18). The van der Waals surface area contributed by atoms with E-state index in [0.717, 1.165) is 38.3 Å². The summed E-state index contributed by atoms with van der Waals surface area (Å²) in [4.78, 5) is 6.76. The van der Waals surface area contributed by atoms with Gasteiger partial charge in [-0.2, -0.15) is 10.1 Å². The molecule has 0 saturated carbocycles. The highest BCUT2D eigenvalue weighted by Crippen LogP contribution is 2.32. The molecule has 3 heterocycles. The molecule has 2 fully saturated rings. The molecular formula is C14H23N5O2. The first-order valence-electron chi connectivity index (χ1n) is 7.63. The van der Waals surface area contributed by atoms with Crippen molar-refractivity contribution in [1.29, 1.82) is 0 Å². The van der Waals surface area contributed by atoms with Gasteiger partial charge in [0.25, 0.3) is 0 Å². The molecule has 2 aliphatic heterocycles. The lowest BCUT2D eigenvalue weighted by Gasteiger charge is -2.37. The summed E-state index contributed by atoms with van der Waals surface area (Å²) in [5.41, 5.74) is 0. The van der Waals surface area contributed by atoms with Crippen LogP contribution in [0.2, 0.25) is 0 Å². The Hall–Kier alpha value is -1.47. The van der Waals surface area contributed by atoms with E-state index in [9.17, 15) is 0 Å². The second kappa shape index (κ2) is 6.11. The molecule has 21 heavy (non-hydrogen) atoms. The van der Waals surface area contributed by atoms with E-state index in [2.05, 4.69) is 39.2 Å². The van der Waals surface area contributed by atoms with Crippen molar-refractivity contribution < 1.29 is 9.47 Å². The van der Waals surface area contributed by atoms with Crippen molar-refractivity contribution in [3.63, 3.8) is 0 Å². The molecule has 1 aromatic heterocycles. The molecule has 1 spiro atoms. The highest BCUT2D eigenvalue weighted by Gasteiger charge is 2.40. The molecule has 7 nitrogen and oxygen atoms in total. The van der Waals surface area contributed by atoms with Gasteiger partial charge < -0.3 is 19.7 Å². The van der Waals surface area contributed by atoms with Crippen LogP contribution in [0.1, 0.15) is 26.7 Å². The first-order valence-corrected chi connectivity index (χ1v) is 7.63. The third-order valence-corrected chi connectivity index (χ3v) is 3.88. The Morgan fingerprint density at radius 1 is 1.29 bits per heavy atom. The summed E-state index contributed by atoms with van der Waals surface area (Å²) in [7, 11) is 0. The second-order valence-electron chi connectivity index (χ2n) is 6.01. The topological polar surface area (TPSA) is 72.4 Å². The minimum atomic E-state index is -0.352. The fourth-order valence-corrected chi connectivity index (χ4v) is 2.68. The Morgan fingerprint density at radius 2 is 2.00 bits per heavy atom. The molecule has 2 aliphatic rings. The van der Waals surface area contributed by atoms with Gasteiger partial charge in [0.2, 0.25) is 5.95 Å². The van der Waals surface area contributed by atoms with Crippen LogP contribution >= 0.6 is 0 Å². The van der Waals surface area contributed by atoms with Crippen molar-refractivity contribution in [2.24, 2.45) is 5.92 Å². The highest BCUT2D eigenvalue weighted by molar-refractivity contribution is 5.40. The van der Waals surface area contributed by atoms with Gasteiger partial charge in [0, 0.05) is 32.5 Å². The molecule has 0 amide bonds. The van der Waals surface area contributed by atoms with Crippen molar-refractivity contribution in [2.75, 3.05) is 43.1 Å². The normalized spacial score (nSPS) is 21.2. The maximum atomic E-state index is 5.74. The van der Waals surface area contributed by atoms with Gasteiger partial charge >= 0.3 is 0 Å². The Balaban J connectivity index is 1.61. The monoisotopic (exact) mass is 293 g/mol. The number of anilines is 2. The highest BCUT2D eigenvalue weighted by atomic mass is 16.7. The quantitative estimate of drug-likeness (QED) is 0.896. The Labute approximate surface area is 125 Å². The van der Waals surface area contributed by atoms with Gasteiger partial charge in [0.15, 0.2) is 11.6 Å². The van der Waals surface area contributed by atoms with Crippen LogP contribution < -0.4 is 10.2 Å². The molecular weight excluding hydrogens is 270 g/mol. The minimum absolute atomic E-state index is 0.352. The van der Waals surface area contributed by atoms with E-state index in [-0.39, 0.29) is 5.79 Å². The van der Waals surface area contributed by atoms with Crippen LogP contribution in [0.5, 0.6) is 0 Å². The second-order valence-corrected chi connectivity index (χ2v) is 6.01. The maximum absolute atomic E-state index is 5.74. The summed E-state index contributed by atoms with van der Waals surface area (Å²) in [5, 5.41) is 11.3. The van der Waals surface area contributed by atoms with Crippen LogP contribution in [0.15, 0.2) is 6.20 Å². The zero-order valence-electron chi connectivity index (χ0n) is 12.7. The fourth-order valence-electron chi connectivity index (χ4n) is 2.68. The molecule has 7 heteroatoms. The van der Waals surface area contributed by atoms with Gasteiger partial charge in [0.1, 0.15) is 0 Å². The molecule has 0 aromatic carbocycles. The van der Waals surface area contributed by atoms with Gasteiger partial charge in [-0.15, -0.1) is 5.10 Å². The van der Waals surface area contributed by atoms with Gasteiger partial charge in [-0.05, 0) is 5.92 Å². The van der Waals surface area contributed by atoms with Gasteiger partial charge in [-0.25, -0.2) is 0 Å². The molecule has 0 bridgehead atoms. The lowest BCUT2D eigenvalue weighted by atomic mass is 10.0. The van der Waals surface area contributed by atoms with Gasteiger partial charge in [-0.1, -0.05) is 13.8 Å². The minimum Gasteiger partial charge on any atom is -0.355 e. The zero-order chi connectivity index (χ0) is 14.7. The number of hydrogen-bond donors (Lipinski definition) is 1. The summed E-state index contributed by atoms with van der Waals surface area (Å²) in [6.45, 7) is 8.28. The average molecular weight is 293 g/mol. The van der Waals surface area contributed by atoms with E-state index >= 15 is 0 Å². The lowest BCUT2D eigenvalue weighted by Crippen LogP contribution is -2.45. The van der Waals surface area contributed by atoms with E-state index in [1.807, 2.05) is 0 Å². The predicted molar refractivity (Wildman–Crippen MR) is 79.2 cm³/mol. The summed E-state index contributed by atoms with van der Waals surface area (Å²) in [5.74, 6) is 1.65. The number of aromatic nitrogens is 3. The SMILES string of the molecule is CC(C)CNc1nncc(N2CCC3(CC2)OCCO3)n1. The van der Waals surface area contributed by atoms with E-state index in [0.29, 0.717) is 25.1 Å². The largest absolute Gasteiger partial charge is 0.355 e. The number of nitrogens with zero attached hydrogens (tertiary/aromatic N) is 4. The smallest absolute Gasteiger partial charge is 0.244 e. The summed E-state index contributed by atoms with van der Waals surface area (Å²) in [6, 6.07) is 0. The van der Waals surface area contributed by atoms with Crippen LogP contribution in [0.4, 0.5) is 11.8 Å². The molecule has 2 saturated heterocycles. The van der Waals surface area contributed by atoms with Crippen LogP contribution in [0, 0.1) is 5.92 Å². The third-order valence-electron chi connectivity index (χ3n) is 3.88. The third kappa shape index (κ3) is 3.41. The van der Waals surface area contributed by atoms with E-state index < -0.39 is 0 Å². The average Bonchev–Trinajstić information content (AvgIpc) is 2.94. The van der Waals surface area contributed by atoms with Crippen molar-refractivity contribution in [3.8, 4) is 0 Å². The molecule has 1 aromatic rings. The van der Waals surface area contributed by atoms with Crippen molar-refractivity contribution in [3.05, 3.63) is 6.20 Å². The lowest BCUT2D eigenvalue weighted by molar-refractivity contribution is -0.169. The van der Waals surface area contributed by atoms with Crippen LogP contribution in [0.25, 0.3) is 0 Å². The molecule has 116 valence electrons. The summed E-state index contributed by atoms with van der Waals surface area (Å²) < 4.78 is 11.5. The van der Waals surface area contributed by atoms with Crippen molar-refractivity contribution >= 4 is 11.8 Å². The molecule has 0 atom stereocenters. The molecule has 0 unspecified atom stereocenters. The summed E-state index contributed by atoms with van der Waals surface area (Å²) >= 11 is 0. The molecule has 3 rings (SSSR count). The number of hydrogen-bond acceptors (Lipinski definition) is 7. The van der Waals surface area contributed by atoms with Crippen molar-refractivity contribution in [1.82, 2.24) is 15.2 Å². The van der Waals surface area contributed by atoms with Crippen LogP contribution in [-0.2, 0) is 9.47 Å². The zero-order valence-corrected chi connectivity index (χ0v) is 12.7. The molecule has 0 aliphatic carbocycles.